The van der Waals surface area contributed by atoms with Crippen LogP contribution in [0.2, 0.25) is 0 Å². The van der Waals surface area contributed by atoms with Gasteiger partial charge in [-0.05, 0) is 49.3 Å². The molecule has 0 aliphatic heterocycles. The van der Waals surface area contributed by atoms with Crippen molar-refractivity contribution in [2.75, 3.05) is 5.32 Å². The van der Waals surface area contributed by atoms with E-state index in [0.29, 0.717) is 22.4 Å². The Bertz CT molecular complexity index is 1490. The molecule has 6 rings (SSSR count). The minimum absolute atomic E-state index is 0.122. The normalized spacial score (nSPS) is 19.4. The van der Waals surface area contributed by atoms with Crippen LogP contribution in [0.3, 0.4) is 0 Å². The van der Waals surface area contributed by atoms with Gasteiger partial charge in [-0.1, -0.05) is 24.3 Å². The van der Waals surface area contributed by atoms with E-state index >= 15 is 0 Å². The third-order valence-corrected chi connectivity index (χ3v) is 5.93. The number of benzene rings is 1. The van der Waals surface area contributed by atoms with Crippen molar-refractivity contribution in [2.45, 2.75) is 44.2 Å². The van der Waals surface area contributed by atoms with Crippen LogP contribution in [0.15, 0.2) is 40.2 Å². The minimum Gasteiger partial charge on any atom is -0.493 e. The van der Waals surface area contributed by atoms with E-state index in [2.05, 4.69) is 49.6 Å². The lowest BCUT2D eigenvalue weighted by molar-refractivity contribution is 0.454. The lowest BCUT2D eigenvalue weighted by Crippen LogP contribution is -2.26. The lowest BCUT2D eigenvalue weighted by Gasteiger charge is -2.26. The minimum atomic E-state index is -0.484. The third-order valence-electron chi connectivity index (χ3n) is 5.93. The number of anilines is 1. The first-order valence-corrected chi connectivity index (χ1v) is 10.8. The molecule has 0 amide bonds. The van der Waals surface area contributed by atoms with Gasteiger partial charge in [-0.3, -0.25) is 4.98 Å². The zero-order valence-corrected chi connectivity index (χ0v) is 17.2. The Hall–Kier alpha value is -3.95. The maximum Gasteiger partial charge on any atom is 0.326 e. The molecule has 3 aromatic heterocycles. The molecule has 162 valence electrons. The van der Waals surface area contributed by atoms with Crippen molar-refractivity contribution in [1.29, 1.82) is 0 Å². The average Bonchev–Trinajstić information content (AvgIpc) is 3.42. The summed E-state index contributed by atoms with van der Waals surface area (Å²) in [4.78, 5) is 30.5. The van der Waals surface area contributed by atoms with Crippen molar-refractivity contribution in [2.24, 2.45) is 4.99 Å². The number of hydrogen-bond donors (Lipinski definition) is 4. The monoisotopic (exact) mass is 430 g/mol. The molecule has 0 radical (unpaired) electrons. The smallest absolute Gasteiger partial charge is 0.326 e. The molecule has 1 atom stereocenters. The van der Waals surface area contributed by atoms with Gasteiger partial charge in [0.25, 0.3) is 5.62 Å². The van der Waals surface area contributed by atoms with Crippen molar-refractivity contribution < 1.29 is 5.11 Å². The van der Waals surface area contributed by atoms with Gasteiger partial charge in [-0.2, -0.15) is 19.6 Å². The second kappa shape index (κ2) is 7.33. The Morgan fingerprint density at radius 2 is 2.06 bits per heavy atom. The van der Waals surface area contributed by atoms with Crippen LogP contribution in [0, 0.1) is 0 Å². The molecule has 3 heterocycles. The van der Waals surface area contributed by atoms with E-state index < -0.39 is 5.69 Å². The van der Waals surface area contributed by atoms with Gasteiger partial charge in [0.2, 0.25) is 11.8 Å². The second-order valence-electron chi connectivity index (χ2n) is 8.32. The molecule has 10 heteroatoms. The van der Waals surface area contributed by atoms with Crippen molar-refractivity contribution in [3.63, 3.8) is 0 Å². The number of nitrogens with one attached hydrogen (secondary N) is 3. The summed E-state index contributed by atoms with van der Waals surface area (Å²) in [6.07, 6.45) is 8.52. The van der Waals surface area contributed by atoms with Gasteiger partial charge in [-0.25, -0.2) is 9.79 Å². The summed E-state index contributed by atoms with van der Waals surface area (Å²) >= 11 is 0. The summed E-state index contributed by atoms with van der Waals surface area (Å²) < 4.78 is 1.60. The highest BCUT2D eigenvalue weighted by molar-refractivity contribution is 5.57. The molecule has 1 fully saturated rings. The highest BCUT2D eigenvalue weighted by atomic mass is 16.3. The van der Waals surface area contributed by atoms with Gasteiger partial charge < -0.3 is 15.4 Å². The zero-order valence-electron chi connectivity index (χ0n) is 17.2. The summed E-state index contributed by atoms with van der Waals surface area (Å²) in [6.45, 7) is 0. The molecule has 2 aliphatic carbocycles. The fourth-order valence-electron chi connectivity index (χ4n) is 4.20. The Morgan fingerprint density at radius 1 is 1.19 bits per heavy atom. The summed E-state index contributed by atoms with van der Waals surface area (Å²) in [5.41, 5.74) is 3.45. The molecule has 1 aromatic carbocycles. The van der Waals surface area contributed by atoms with Crippen LogP contribution >= 0.6 is 0 Å². The molecule has 10 nitrogen and oxygen atoms in total. The maximum atomic E-state index is 11.5. The highest BCUT2D eigenvalue weighted by Gasteiger charge is 2.23. The van der Waals surface area contributed by atoms with Crippen molar-refractivity contribution in [3.05, 3.63) is 68.6 Å². The molecule has 32 heavy (non-hydrogen) atoms. The van der Waals surface area contributed by atoms with Crippen LogP contribution < -0.4 is 21.8 Å². The molecular weight excluding hydrogens is 408 g/mol. The predicted molar refractivity (Wildman–Crippen MR) is 117 cm³/mol. The van der Waals surface area contributed by atoms with Gasteiger partial charge >= 0.3 is 5.69 Å². The van der Waals surface area contributed by atoms with E-state index in [-0.39, 0.29) is 23.7 Å². The van der Waals surface area contributed by atoms with E-state index in [1.165, 1.54) is 11.1 Å². The lowest BCUT2D eigenvalue weighted by atomic mass is 9.88. The zero-order chi connectivity index (χ0) is 21.7. The number of H-pyrrole nitrogens is 2. The predicted octanol–water partition coefficient (Wildman–Crippen LogP) is 0.947. The molecule has 0 bridgehead atoms. The van der Waals surface area contributed by atoms with E-state index in [9.17, 15) is 9.90 Å². The van der Waals surface area contributed by atoms with Crippen LogP contribution in [0.4, 0.5) is 5.95 Å². The van der Waals surface area contributed by atoms with Crippen molar-refractivity contribution >= 4 is 17.7 Å². The SMILES string of the molecule is O=c1[nH]c(O)c(/C=c2\cnn3c(=NC4CC4)nc(NC4CCCc5ccccc54)nc23)[nH]1. The van der Waals surface area contributed by atoms with E-state index in [4.69, 9.17) is 9.98 Å². The Kier molecular flexibility index (Phi) is 4.30. The van der Waals surface area contributed by atoms with E-state index in [1.807, 2.05) is 0 Å². The van der Waals surface area contributed by atoms with Crippen LogP contribution in [0.25, 0.3) is 11.7 Å². The topological polar surface area (TPSA) is 136 Å². The Labute approximate surface area is 181 Å². The van der Waals surface area contributed by atoms with Crippen LogP contribution in [-0.2, 0) is 6.42 Å². The van der Waals surface area contributed by atoms with Gasteiger partial charge in [0.05, 0.1) is 18.3 Å². The van der Waals surface area contributed by atoms with E-state index in [0.717, 1.165) is 32.1 Å². The van der Waals surface area contributed by atoms with Crippen LogP contribution in [0.1, 0.15) is 48.5 Å². The summed E-state index contributed by atoms with van der Waals surface area (Å²) in [7, 11) is 0. The standard InChI is InChI=1S/C22H22N8O2/c31-19-17(26-22(32)28-19)10-13-11-23-30-18(13)27-20(29-21(30)24-14-8-9-14)25-16-7-3-5-12-4-1-2-6-15(12)16/h1-2,4,6,10-11,14,16,31H,3,5,7-9H2,(H,24,25,29)(H2,26,28,32)/b13-10+. The van der Waals surface area contributed by atoms with Gasteiger partial charge in [-0.15, -0.1) is 0 Å². The van der Waals surface area contributed by atoms with Gasteiger partial charge in [0.1, 0.15) is 5.69 Å². The van der Waals surface area contributed by atoms with Gasteiger partial charge in [0, 0.05) is 5.22 Å². The number of nitrogens with zero attached hydrogens (tertiary/aromatic N) is 5. The number of imidazole rings is 1. The first-order chi connectivity index (χ1) is 15.6. The molecule has 4 N–H and O–H groups in total. The van der Waals surface area contributed by atoms with Crippen LogP contribution in [0.5, 0.6) is 5.88 Å². The second-order valence-corrected chi connectivity index (χ2v) is 8.32. The summed E-state index contributed by atoms with van der Waals surface area (Å²) in [5.74, 6) is 0.254. The Balaban J connectivity index is 1.48. The van der Waals surface area contributed by atoms with E-state index in [1.54, 1.807) is 16.8 Å². The molecule has 0 saturated heterocycles. The number of rotatable bonds is 4. The van der Waals surface area contributed by atoms with Crippen molar-refractivity contribution in [3.8, 4) is 5.88 Å². The maximum absolute atomic E-state index is 11.5. The van der Waals surface area contributed by atoms with Crippen LogP contribution in [-0.4, -0.2) is 40.7 Å². The number of fused-ring (bicyclic) bond motifs is 2. The molecule has 1 saturated carbocycles. The molecule has 0 spiro atoms. The summed E-state index contributed by atoms with van der Waals surface area (Å²) in [6, 6.07) is 8.85. The van der Waals surface area contributed by atoms with Gasteiger partial charge in [0.15, 0.2) is 5.65 Å². The average molecular weight is 430 g/mol. The fourth-order valence-corrected chi connectivity index (χ4v) is 4.20. The molecule has 1 unspecified atom stereocenters. The number of aromatic amines is 2. The first kappa shape index (κ1) is 18.8. The molecular formula is C22H22N8O2. The Morgan fingerprint density at radius 3 is 2.88 bits per heavy atom. The first-order valence-electron chi connectivity index (χ1n) is 10.8. The highest BCUT2D eigenvalue weighted by Crippen LogP contribution is 2.31. The van der Waals surface area contributed by atoms with Crippen molar-refractivity contribution in [1.82, 2.24) is 29.5 Å². The number of aromatic hydroxyl groups is 1. The largest absolute Gasteiger partial charge is 0.493 e. The number of hydrogen-bond acceptors (Lipinski definition) is 7. The summed E-state index contributed by atoms with van der Waals surface area (Å²) in [5, 5.41) is 18.5. The fraction of sp³-hybridized carbons (Fsp3) is 0.318. The molecule has 2 aliphatic rings. The third kappa shape index (κ3) is 3.43. The number of aryl methyl sites for hydroxylation is 1. The number of aromatic nitrogens is 6. The molecule has 4 aromatic rings. The quantitative estimate of drug-likeness (QED) is 0.381.